The first kappa shape index (κ1) is 15.0. The van der Waals surface area contributed by atoms with Gasteiger partial charge in [0.15, 0.2) is 0 Å². The maximum absolute atomic E-state index is 6.27. The summed E-state index contributed by atoms with van der Waals surface area (Å²) in [7, 11) is 2.03. The molecule has 1 N–H and O–H groups in total. The standard InChI is InChI=1S/C18H27NO2/c1-13-11-17(21-12-14-7-5-6-10-20-14)18(19-2)16-9-4-3-8-15(13)16/h3-4,8-9,13-14,17-19H,5-7,10-12H2,1-2H3. The van der Waals surface area contributed by atoms with Crippen molar-refractivity contribution in [3.8, 4) is 0 Å². The Morgan fingerprint density at radius 3 is 2.76 bits per heavy atom. The van der Waals surface area contributed by atoms with Crippen molar-refractivity contribution in [3.05, 3.63) is 35.4 Å². The molecule has 0 spiro atoms. The van der Waals surface area contributed by atoms with Gasteiger partial charge < -0.3 is 14.8 Å². The van der Waals surface area contributed by atoms with Crippen LogP contribution in [0, 0.1) is 0 Å². The topological polar surface area (TPSA) is 30.5 Å². The van der Waals surface area contributed by atoms with Gasteiger partial charge in [-0.25, -0.2) is 0 Å². The number of ether oxygens (including phenoxy) is 2. The normalized spacial score (nSPS) is 32.7. The van der Waals surface area contributed by atoms with E-state index in [-0.39, 0.29) is 6.10 Å². The molecule has 3 heteroatoms. The quantitative estimate of drug-likeness (QED) is 0.921. The molecule has 2 aliphatic rings. The van der Waals surface area contributed by atoms with Gasteiger partial charge in [0.2, 0.25) is 0 Å². The van der Waals surface area contributed by atoms with Crippen LogP contribution in [-0.4, -0.2) is 32.5 Å². The third-order valence-electron chi connectivity index (χ3n) is 4.90. The fraction of sp³-hybridized carbons (Fsp3) is 0.667. The van der Waals surface area contributed by atoms with Gasteiger partial charge in [0.05, 0.1) is 24.9 Å². The number of likely N-dealkylation sites (N-methyl/N-ethyl adjacent to an activating group) is 1. The maximum atomic E-state index is 6.27. The van der Waals surface area contributed by atoms with Crippen molar-refractivity contribution in [2.24, 2.45) is 0 Å². The highest BCUT2D eigenvalue weighted by molar-refractivity contribution is 5.36. The van der Waals surface area contributed by atoms with Gasteiger partial charge in [-0.1, -0.05) is 31.2 Å². The Morgan fingerprint density at radius 1 is 1.24 bits per heavy atom. The molecule has 1 saturated heterocycles. The molecule has 1 aromatic carbocycles. The van der Waals surface area contributed by atoms with E-state index in [2.05, 4.69) is 36.5 Å². The molecule has 21 heavy (non-hydrogen) atoms. The average Bonchev–Trinajstić information content (AvgIpc) is 2.54. The number of benzene rings is 1. The molecular formula is C18H27NO2. The Balaban J connectivity index is 1.68. The Morgan fingerprint density at radius 2 is 2.05 bits per heavy atom. The highest BCUT2D eigenvalue weighted by Gasteiger charge is 2.33. The van der Waals surface area contributed by atoms with Gasteiger partial charge in [0.1, 0.15) is 0 Å². The number of hydrogen-bond acceptors (Lipinski definition) is 3. The predicted octanol–water partition coefficient (Wildman–Crippen LogP) is 3.41. The van der Waals surface area contributed by atoms with E-state index in [9.17, 15) is 0 Å². The molecule has 0 aromatic heterocycles. The highest BCUT2D eigenvalue weighted by atomic mass is 16.5. The molecule has 0 saturated carbocycles. The minimum atomic E-state index is 0.241. The van der Waals surface area contributed by atoms with Crippen LogP contribution in [0.1, 0.15) is 55.7 Å². The van der Waals surface area contributed by atoms with Crippen LogP contribution in [0.2, 0.25) is 0 Å². The molecule has 0 amide bonds. The summed E-state index contributed by atoms with van der Waals surface area (Å²) in [4.78, 5) is 0. The van der Waals surface area contributed by atoms with E-state index < -0.39 is 0 Å². The SMILES string of the molecule is CNC1c2ccccc2C(C)CC1OCC1CCCCO1. The molecule has 4 atom stereocenters. The van der Waals surface area contributed by atoms with Crippen molar-refractivity contribution in [2.75, 3.05) is 20.3 Å². The lowest BCUT2D eigenvalue weighted by Crippen LogP contribution is -2.39. The summed E-state index contributed by atoms with van der Waals surface area (Å²) in [6, 6.07) is 9.05. The number of fused-ring (bicyclic) bond motifs is 1. The van der Waals surface area contributed by atoms with Crippen molar-refractivity contribution < 1.29 is 9.47 Å². The first-order chi connectivity index (χ1) is 10.3. The van der Waals surface area contributed by atoms with Crippen molar-refractivity contribution in [3.63, 3.8) is 0 Å². The molecule has 1 aliphatic heterocycles. The van der Waals surface area contributed by atoms with Gasteiger partial charge in [-0.3, -0.25) is 0 Å². The molecule has 1 aliphatic carbocycles. The maximum Gasteiger partial charge on any atom is 0.0808 e. The second-order valence-electron chi connectivity index (χ2n) is 6.39. The summed E-state index contributed by atoms with van der Waals surface area (Å²) >= 11 is 0. The molecule has 116 valence electrons. The van der Waals surface area contributed by atoms with Crippen LogP contribution in [0.15, 0.2) is 24.3 Å². The van der Waals surface area contributed by atoms with Gasteiger partial charge >= 0.3 is 0 Å². The molecule has 3 rings (SSSR count). The van der Waals surface area contributed by atoms with E-state index in [0.29, 0.717) is 18.1 Å². The summed E-state index contributed by atoms with van der Waals surface area (Å²) in [5.41, 5.74) is 2.86. The van der Waals surface area contributed by atoms with E-state index in [1.807, 2.05) is 7.05 Å². The molecule has 4 unspecified atom stereocenters. The van der Waals surface area contributed by atoms with E-state index in [0.717, 1.165) is 26.1 Å². The monoisotopic (exact) mass is 289 g/mol. The Hall–Kier alpha value is -0.900. The van der Waals surface area contributed by atoms with E-state index in [4.69, 9.17) is 9.47 Å². The van der Waals surface area contributed by atoms with Crippen molar-refractivity contribution >= 4 is 0 Å². The molecule has 1 heterocycles. The molecule has 0 radical (unpaired) electrons. The molecule has 0 bridgehead atoms. The van der Waals surface area contributed by atoms with Crippen LogP contribution >= 0.6 is 0 Å². The lowest BCUT2D eigenvalue weighted by Gasteiger charge is -2.37. The Kier molecular flexibility index (Phi) is 4.94. The fourth-order valence-electron chi connectivity index (χ4n) is 3.73. The van der Waals surface area contributed by atoms with Crippen molar-refractivity contribution in [2.45, 2.75) is 56.8 Å². The largest absolute Gasteiger partial charge is 0.376 e. The van der Waals surface area contributed by atoms with Gasteiger partial charge in [-0.15, -0.1) is 0 Å². The van der Waals surface area contributed by atoms with Gasteiger partial charge in [0.25, 0.3) is 0 Å². The third kappa shape index (κ3) is 3.31. The van der Waals surface area contributed by atoms with Gasteiger partial charge in [0, 0.05) is 6.61 Å². The van der Waals surface area contributed by atoms with Crippen molar-refractivity contribution in [1.29, 1.82) is 0 Å². The first-order valence-corrected chi connectivity index (χ1v) is 8.29. The fourth-order valence-corrected chi connectivity index (χ4v) is 3.73. The molecule has 1 fully saturated rings. The van der Waals surface area contributed by atoms with E-state index in [1.54, 1.807) is 0 Å². The summed E-state index contributed by atoms with van der Waals surface area (Å²) < 4.78 is 12.1. The zero-order valence-electron chi connectivity index (χ0n) is 13.2. The van der Waals surface area contributed by atoms with Gasteiger partial charge in [-0.05, 0) is 49.8 Å². The first-order valence-electron chi connectivity index (χ1n) is 8.29. The molecule has 3 nitrogen and oxygen atoms in total. The summed E-state index contributed by atoms with van der Waals surface area (Å²) in [6.07, 6.45) is 5.23. The average molecular weight is 289 g/mol. The van der Waals surface area contributed by atoms with Crippen LogP contribution in [-0.2, 0) is 9.47 Å². The Labute approximate surface area is 128 Å². The van der Waals surface area contributed by atoms with E-state index in [1.165, 1.54) is 24.0 Å². The summed E-state index contributed by atoms with van der Waals surface area (Å²) in [6.45, 7) is 3.93. The smallest absolute Gasteiger partial charge is 0.0808 e. The van der Waals surface area contributed by atoms with Crippen LogP contribution in [0.3, 0.4) is 0 Å². The lowest BCUT2D eigenvalue weighted by molar-refractivity contribution is -0.0756. The van der Waals surface area contributed by atoms with Crippen LogP contribution in [0.4, 0.5) is 0 Å². The van der Waals surface area contributed by atoms with Crippen molar-refractivity contribution in [1.82, 2.24) is 5.32 Å². The lowest BCUT2D eigenvalue weighted by atomic mass is 9.79. The predicted molar refractivity (Wildman–Crippen MR) is 84.6 cm³/mol. The van der Waals surface area contributed by atoms with Crippen LogP contribution in [0.5, 0.6) is 0 Å². The number of hydrogen-bond donors (Lipinski definition) is 1. The van der Waals surface area contributed by atoms with E-state index >= 15 is 0 Å². The second kappa shape index (κ2) is 6.91. The highest BCUT2D eigenvalue weighted by Crippen LogP contribution is 2.38. The summed E-state index contributed by atoms with van der Waals surface area (Å²) in [5, 5.41) is 3.45. The Bertz CT molecular complexity index is 456. The van der Waals surface area contributed by atoms with Gasteiger partial charge in [-0.2, -0.15) is 0 Å². The molecular weight excluding hydrogens is 262 g/mol. The number of nitrogens with one attached hydrogen (secondary N) is 1. The van der Waals surface area contributed by atoms with Crippen LogP contribution in [0.25, 0.3) is 0 Å². The second-order valence-corrected chi connectivity index (χ2v) is 6.39. The zero-order chi connectivity index (χ0) is 14.7. The zero-order valence-corrected chi connectivity index (χ0v) is 13.2. The number of rotatable bonds is 4. The van der Waals surface area contributed by atoms with Crippen LogP contribution < -0.4 is 5.32 Å². The minimum Gasteiger partial charge on any atom is -0.376 e. The minimum absolute atomic E-state index is 0.241. The third-order valence-corrected chi connectivity index (χ3v) is 4.90. The summed E-state index contributed by atoms with van der Waals surface area (Å²) in [5.74, 6) is 0.558. The molecule has 1 aromatic rings.